The van der Waals surface area contributed by atoms with Crippen LogP contribution in [0.25, 0.3) is 33.4 Å². The normalized spacial score (nSPS) is 15.1. The van der Waals surface area contributed by atoms with Gasteiger partial charge >= 0.3 is 0 Å². The SMILES string of the molecule is CN1CCN(c2ccc(-c3cnc4c(-c5ccc(CO)cc5)coc4c3)cc2)CC1. The molecule has 1 fully saturated rings. The first-order valence-electron chi connectivity index (χ1n) is 10.3. The van der Waals surface area contributed by atoms with Crippen molar-refractivity contribution in [3.63, 3.8) is 0 Å². The maximum atomic E-state index is 9.24. The van der Waals surface area contributed by atoms with Gasteiger partial charge in [-0.25, -0.2) is 0 Å². The third-order valence-electron chi connectivity index (χ3n) is 5.93. The Hall–Kier alpha value is -3.15. The average Bonchev–Trinajstić information content (AvgIpc) is 3.23. The molecule has 4 aromatic rings. The molecule has 0 bridgehead atoms. The van der Waals surface area contributed by atoms with Gasteiger partial charge < -0.3 is 19.3 Å². The van der Waals surface area contributed by atoms with E-state index in [0.29, 0.717) is 0 Å². The highest BCUT2D eigenvalue weighted by molar-refractivity contribution is 5.92. The van der Waals surface area contributed by atoms with E-state index in [4.69, 9.17) is 9.40 Å². The number of hydrogen-bond donors (Lipinski definition) is 1. The minimum absolute atomic E-state index is 0.0433. The highest BCUT2D eigenvalue weighted by Crippen LogP contribution is 2.32. The van der Waals surface area contributed by atoms with E-state index in [1.54, 1.807) is 6.26 Å². The number of hydrogen-bond acceptors (Lipinski definition) is 5. The average molecular weight is 399 g/mol. The maximum Gasteiger partial charge on any atom is 0.153 e. The van der Waals surface area contributed by atoms with Gasteiger partial charge in [0.2, 0.25) is 0 Å². The van der Waals surface area contributed by atoms with Gasteiger partial charge in [-0.2, -0.15) is 0 Å². The fraction of sp³-hybridized carbons (Fsp3) is 0.240. The van der Waals surface area contributed by atoms with Crippen molar-refractivity contribution in [2.75, 3.05) is 38.1 Å². The molecule has 3 heterocycles. The molecule has 0 aliphatic carbocycles. The Morgan fingerprint density at radius 1 is 0.900 bits per heavy atom. The van der Waals surface area contributed by atoms with Crippen LogP contribution in [-0.2, 0) is 6.61 Å². The fourth-order valence-electron chi connectivity index (χ4n) is 4.00. The summed E-state index contributed by atoms with van der Waals surface area (Å²) in [4.78, 5) is 9.50. The van der Waals surface area contributed by atoms with Crippen LogP contribution in [0.5, 0.6) is 0 Å². The molecule has 152 valence electrons. The standard InChI is InChI=1S/C25H25N3O2/c1-27-10-12-28(13-11-27)22-8-6-19(7-9-22)21-14-24-25(26-15-21)23(17-30-24)20-4-2-18(16-29)3-5-20/h2-9,14-15,17,29H,10-13,16H2,1H3. The molecule has 0 radical (unpaired) electrons. The molecule has 1 N–H and O–H groups in total. The molecule has 2 aromatic heterocycles. The van der Waals surface area contributed by atoms with Crippen molar-refractivity contribution in [1.82, 2.24) is 9.88 Å². The van der Waals surface area contributed by atoms with Crippen LogP contribution in [-0.4, -0.2) is 48.2 Å². The van der Waals surface area contributed by atoms with Crippen LogP contribution in [0.2, 0.25) is 0 Å². The summed E-state index contributed by atoms with van der Waals surface area (Å²) in [7, 11) is 2.17. The van der Waals surface area contributed by atoms with E-state index in [-0.39, 0.29) is 6.61 Å². The maximum absolute atomic E-state index is 9.24. The molecule has 2 aromatic carbocycles. The van der Waals surface area contributed by atoms with Gasteiger partial charge in [0.25, 0.3) is 0 Å². The van der Waals surface area contributed by atoms with Crippen molar-refractivity contribution >= 4 is 16.8 Å². The minimum Gasteiger partial charge on any atom is -0.462 e. The smallest absolute Gasteiger partial charge is 0.153 e. The Bertz CT molecular complexity index is 1140. The van der Waals surface area contributed by atoms with Crippen LogP contribution in [0, 0.1) is 0 Å². The summed E-state index contributed by atoms with van der Waals surface area (Å²) in [5.74, 6) is 0. The van der Waals surface area contributed by atoms with E-state index in [0.717, 1.165) is 65.1 Å². The Balaban J connectivity index is 1.40. The Labute approximate surface area is 176 Å². The number of anilines is 1. The Kier molecular flexibility index (Phi) is 4.99. The van der Waals surface area contributed by atoms with Crippen molar-refractivity contribution < 1.29 is 9.52 Å². The molecule has 0 saturated carbocycles. The predicted molar refractivity (Wildman–Crippen MR) is 121 cm³/mol. The van der Waals surface area contributed by atoms with Gasteiger partial charge in [0.15, 0.2) is 5.58 Å². The molecule has 1 saturated heterocycles. The molecule has 1 aliphatic heterocycles. The van der Waals surface area contributed by atoms with Gasteiger partial charge in [0, 0.05) is 49.2 Å². The number of likely N-dealkylation sites (N-methyl/N-ethyl adjacent to an activating group) is 1. The van der Waals surface area contributed by atoms with Gasteiger partial charge in [0.1, 0.15) is 11.8 Å². The van der Waals surface area contributed by atoms with Crippen LogP contribution in [0.1, 0.15) is 5.56 Å². The number of pyridine rings is 1. The topological polar surface area (TPSA) is 52.7 Å². The summed E-state index contributed by atoms with van der Waals surface area (Å²) in [6.07, 6.45) is 3.67. The minimum atomic E-state index is 0.0433. The fourth-order valence-corrected chi connectivity index (χ4v) is 4.00. The lowest BCUT2D eigenvalue weighted by molar-refractivity contribution is 0.282. The molecule has 0 spiro atoms. The summed E-state index contributed by atoms with van der Waals surface area (Å²) in [5, 5.41) is 9.24. The largest absolute Gasteiger partial charge is 0.462 e. The number of aliphatic hydroxyl groups excluding tert-OH is 1. The zero-order chi connectivity index (χ0) is 20.5. The molecule has 5 nitrogen and oxygen atoms in total. The summed E-state index contributed by atoms with van der Waals surface area (Å²) in [6, 6.07) is 18.6. The molecule has 0 atom stereocenters. The van der Waals surface area contributed by atoms with Crippen molar-refractivity contribution in [3.05, 3.63) is 72.6 Å². The third kappa shape index (κ3) is 3.58. The monoisotopic (exact) mass is 399 g/mol. The van der Waals surface area contributed by atoms with Crippen molar-refractivity contribution in [1.29, 1.82) is 0 Å². The van der Waals surface area contributed by atoms with E-state index in [1.165, 1.54) is 5.69 Å². The van der Waals surface area contributed by atoms with E-state index in [1.807, 2.05) is 30.5 Å². The molecular weight excluding hydrogens is 374 g/mol. The zero-order valence-corrected chi connectivity index (χ0v) is 17.1. The molecule has 5 rings (SSSR count). The van der Waals surface area contributed by atoms with E-state index >= 15 is 0 Å². The lowest BCUT2D eigenvalue weighted by Gasteiger charge is -2.34. The highest BCUT2D eigenvalue weighted by Gasteiger charge is 2.15. The van der Waals surface area contributed by atoms with Crippen molar-refractivity contribution in [2.24, 2.45) is 0 Å². The number of piperazine rings is 1. The van der Waals surface area contributed by atoms with E-state index in [2.05, 4.69) is 47.2 Å². The second kappa shape index (κ2) is 7.94. The van der Waals surface area contributed by atoms with Gasteiger partial charge in [0.05, 0.1) is 6.61 Å². The first-order valence-corrected chi connectivity index (χ1v) is 10.3. The van der Waals surface area contributed by atoms with E-state index in [9.17, 15) is 5.11 Å². The number of aromatic nitrogens is 1. The van der Waals surface area contributed by atoms with Gasteiger partial charge in [-0.3, -0.25) is 4.98 Å². The van der Waals surface area contributed by atoms with Crippen molar-refractivity contribution in [3.8, 4) is 22.3 Å². The van der Waals surface area contributed by atoms with Crippen LogP contribution < -0.4 is 4.90 Å². The third-order valence-corrected chi connectivity index (χ3v) is 5.93. The first kappa shape index (κ1) is 18.9. The molecule has 1 aliphatic rings. The van der Waals surface area contributed by atoms with Crippen LogP contribution >= 0.6 is 0 Å². The molecule has 0 amide bonds. The quantitative estimate of drug-likeness (QED) is 0.551. The zero-order valence-electron chi connectivity index (χ0n) is 17.1. The number of aliphatic hydroxyl groups is 1. The number of fused-ring (bicyclic) bond motifs is 1. The Morgan fingerprint density at radius 2 is 1.60 bits per heavy atom. The molecule has 30 heavy (non-hydrogen) atoms. The van der Waals surface area contributed by atoms with Crippen LogP contribution in [0.4, 0.5) is 5.69 Å². The van der Waals surface area contributed by atoms with E-state index < -0.39 is 0 Å². The van der Waals surface area contributed by atoms with Crippen LogP contribution in [0.3, 0.4) is 0 Å². The predicted octanol–water partition coefficient (Wildman–Crippen LogP) is 4.41. The molecular formula is C25H25N3O2. The molecule has 5 heteroatoms. The first-order chi connectivity index (χ1) is 14.7. The Morgan fingerprint density at radius 3 is 2.30 bits per heavy atom. The lowest BCUT2D eigenvalue weighted by atomic mass is 10.0. The summed E-state index contributed by atoms with van der Waals surface area (Å²) < 4.78 is 5.83. The molecule has 0 unspecified atom stereocenters. The van der Waals surface area contributed by atoms with Gasteiger partial charge in [-0.1, -0.05) is 36.4 Å². The number of rotatable bonds is 4. The second-order valence-electron chi connectivity index (χ2n) is 7.91. The summed E-state index contributed by atoms with van der Waals surface area (Å²) >= 11 is 0. The summed E-state index contributed by atoms with van der Waals surface area (Å²) in [6.45, 7) is 4.38. The van der Waals surface area contributed by atoms with Gasteiger partial charge in [-0.05, 0) is 41.9 Å². The second-order valence-corrected chi connectivity index (χ2v) is 7.91. The highest BCUT2D eigenvalue weighted by atomic mass is 16.3. The lowest BCUT2D eigenvalue weighted by Crippen LogP contribution is -2.44. The number of furan rings is 1. The summed E-state index contributed by atoms with van der Waals surface area (Å²) in [5.41, 5.74) is 7.96. The van der Waals surface area contributed by atoms with Gasteiger partial charge in [-0.15, -0.1) is 0 Å². The van der Waals surface area contributed by atoms with Crippen LogP contribution in [0.15, 0.2) is 71.5 Å². The van der Waals surface area contributed by atoms with Crippen molar-refractivity contribution in [2.45, 2.75) is 6.61 Å². The number of benzene rings is 2. The number of nitrogens with zero attached hydrogens (tertiary/aromatic N) is 3.